The molecule has 1 aromatic heterocycles. The van der Waals surface area contributed by atoms with Crippen molar-refractivity contribution in [3.8, 4) is 0 Å². The maximum Gasteiger partial charge on any atom is 0.0483 e. The molecular formula is C15H19ClN2. The van der Waals surface area contributed by atoms with Crippen LogP contribution in [-0.2, 0) is 13.5 Å². The molecule has 1 unspecified atom stereocenters. The molecule has 1 atom stereocenters. The number of nitrogens with one attached hydrogen (secondary N) is 1. The van der Waals surface area contributed by atoms with E-state index < -0.39 is 0 Å². The van der Waals surface area contributed by atoms with Gasteiger partial charge in [-0.1, -0.05) is 11.6 Å². The van der Waals surface area contributed by atoms with E-state index in [1.54, 1.807) is 0 Å². The molecule has 96 valence electrons. The lowest BCUT2D eigenvalue weighted by atomic mass is 9.86. The zero-order valence-corrected chi connectivity index (χ0v) is 11.7. The third kappa shape index (κ3) is 1.75. The summed E-state index contributed by atoms with van der Waals surface area (Å²) in [5, 5.41) is 5.51. The average molecular weight is 263 g/mol. The molecule has 0 aliphatic heterocycles. The molecule has 18 heavy (non-hydrogen) atoms. The summed E-state index contributed by atoms with van der Waals surface area (Å²) in [6.45, 7) is 1.06. The SMILES string of the molecule is CNCC1CCCc2c1n(C)c1ccc(Cl)cc21. The molecule has 1 aliphatic rings. The largest absolute Gasteiger partial charge is 0.347 e. The number of rotatable bonds is 2. The molecule has 0 amide bonds. The zero-order chi connectivity index (χ0) is 12.7. The Hall–Kier alpha value is -0.990. The lowest BCUT2D eigenvalue weighted by Gasteiger charge is -2.24. The number of benzene rings is 1. The van der Waals surface area contributed by atoms with Crippen LogP contribution in [0.1, 0.15) is 30.0 Å². The molecule has 0 saturated carbocycles. The minimum absolute atomic E-state index is 0.634. The third-order valence-corrected chi connectivity index (χ3v) is 4.37. The molecule has 2 nitrogen and oxygen atoms in total. The summed E-state index contributed by atoms with van der Waals surface area (Å²) in [5.41, 5.74) is 4.33. The van der Waals surface area contributed by atoms with Gasteiger partial charge in [-0.25, -0.2) is 0 Å². The Balaban J connectivity index is 2.24. The number of likely N-dealkylation sites (N-methyl/N-ethyl adjacent to an activating group) is 1. The van der Waals surface area contributed by atoms with Crippen LogP contribution in [0.15, 0.2) is 18.2 Å². The Kier molecular flexibility index (Phi) is 3.08. The van der Waals surface area contributed by atoms with Gasteiger partial charge in [-0.15, -0.1) is 0 Å². The van der Waals surface area contributed by atoms with Crippen LogP contribution >= 0.6 is 11.6 Å². The van der Waals surface area contributed by atoms with E-state index in [1.165, 1.54) is 41.4 Å². The van der Waals surface area contributed by atoms with E-state index in [2.05, 4.69) is 29.1 Å². The number of nitrogens with zero attached hydrogens (tertiary/aromatic N) is 1. The highest BCUT2D eigenvalue weighted by atomic mass is 35.5. The van der Waals surface area contributed by atoms with E-state index in [-0.39, 0.29) is 0 Å². The van der Waals surface area contributed by atoms with Crippen molar-refractivity contribution in [1.29, 1.82) is 0 Å². The fourth-order valence-electron chi connectivity index (χ4n) is 3.40. The van der Waals surface area contributed by atoms with E-state index in [1.807, 2.05) is 13.1 Å². The van der Waals surface area contributed by atoms with Gasteiger partial charge in [-0.3, -0.25) is 0 Å². The first-order chi connectivity index (χ1) is 8.72. The number of aromatic nitrogens is 1. The van der Waals surface area contributed by atoms with E-state index in [0.29, 0.717) is 5.92 Å². The van der Waals surface area contributed by atoms with Crippen molar-refractivity contribution in [3.63, 3.8) is 0 Å². The molecule has 0 bridgehead atoms. The maximum absolute atomic E-state index is 6.15. The summed E-state index contributed by atoms with van der Waals surface area (Å²) >= 11 is 6.15. The van der Waals surface area contributed by atoms with Gasteiger partial charge in [-0.2, -0.15) is 0 Å². The average Bonchev–Trinajstić information content (AvgIpc) is 2.64. The van der Waals surface area contributed by atoms with Crippen molar-refractivity contribution < 1.29 is 0 Å². The molecule has 2 aromatic rings. The van der Waals surface area contributed by atoms with Gasteiger partial charge in [0.05, 0.1) is 0 Å². The second-order valence-corrected chi connectivity index (χ2v) is 5.67. The molecule has 1 aromatic carbocycles. The van der Waals surface area contributed by atoms with Crippen LogP contribution in [0, 0.1) is 0 Å². The molecule has 1 N–H and O–H groups in total. The molecular weight excluding hydrogens is 244 g/mol. The number of aryl methyl sites for hydroxylation is 2. The Bertz CT molecular complexity index is 586. The maximum atomic E-state index is 6.15. The summed E-state index contributed by atoms with van der Waals surface area (Å²) in [6.07, 6.45) is 3.75. The number of hydrogen-bond donors (Lipinski definition) is 1. The molecule has 1 aliphatic carbocycles. The highest BCUT2D eigenvalue weighted by Crippen LogP contribution is 2.38. The minimum atomic E-state index is 0.634. The molecule has 3 rings (SSSR count). The Morgan fingerprint density at radius 1 is 1.44 bits per heavy atom. The van der Waals surface area contributed by atoms with Gasteiger partial charge in [0.2, 0.25) is 0 Å². The van der Waals surface area contributed by atoms with Crippen molar-refractivity contribution in [1.82, 2.24) is 9.88 Å². The minimum Gasteiger partial charge on any atom is -0.347 e. The Morgan fingerprint density at radius 2 is 2.28 bits per heavy atom. The van der Waals surface area contributed by atoms with Crippen LogP contribution in [0.2, 0.25) is 5.02 Å². The van der Waals surface area contributed by atoms with Crippen molar-refractivity contribution in [2.24, 2.45) is 7.05 Å². The summed E-state index contributed by atoms with van der Waals surface area (Å²) < 4.78 is 2.36. The normalized spacial score (nSPS) is 19.2. The van der Waals surface area contributed by atoms with Crippen LogP contribution in [0.25, 0.3) is 10.9 Å². The van der Waals surface area contributed by atoms with Gasteiger partial charge < -0.3 is 9.88 Å². The fourth-order valence-corrected chi connectivity index (χ4v) is 3.57. The summed E-state index contributed by atoms with van der Waals surface area (Å²) in [5.74, 6) is 0.634. The highest BCUT2D eigenvalue weighted by molar-refractivity contribution is 6.31. The van der Waals surface area contributed by atoms with Gasteiger partial charge in [-0.05, 0) is 50.1 Å². The zero-order valence-electron chi connectivity index (χ0n) is 11.0. The lowest BCUT2D eigenvalue weighted by molar-refractivity contribution is 0.506. The lowest BCUT2D eigenvalue weighted by Crippen LogP contribution is -2.22. The van der Waals surface area contributed by atoms with Crippen molar-refractivity contribution in [3.05, 3.63) is 34.5 Å². The molecule has 1 heterocycles. The summed E-state index contributed by atoms with van der Waals surface area (Å²) in [7, 11) is 4.22. The predicted molar refractivity (Wildman–Crippen MR) is 77.5 cm³/mol. The van der Waals surface area contributed by atoms with E-state index >= 15 is 0 Å². The standard InChI is InChI=1S/C15H19ClN2/c1-17-9-10-4-3-5-12-13-8-11(16)6-7-14(13)18(2)15(10)12/h6-8,10,17H,3-5,9H2,1-2H3. The van der Waals surface area contributed by atoms with E-state index in [0.717, 1.165) is 11.6 Å². The van der Waals surface area contributed by atoms with Crippen LogP contribution in [0.5, 0.6) is 0 Å². The van der Waals surface area contributed by atoms with Gasteiger partial charge in [0.15, 0.2) is 0 Å². The molecule has 0 fully saturated rings. The first-order valence-corrected chi connectivity index (χ1v) is 7.01. The van der Waals surface area contributed by atoms with Crippen molar-refractivity contribution in [2.45, 2.75) is 25.2 Å². The van der Waals surface area contributed by atoms with Gasteiger partial charge in [0.25, 0.3) is 0 Å². The van der Waals surface area contributed by atoms with Crippen LogP contribution in [0.4, 0.5) is 0 Å². The number of halogens is 1. The van der Waals surface area contributed by atoms with Crippen LogP contribution in [-0.4, -0.2) is 18.2 Å². The van der Waals surface area contributed by atoms with Gasteiger partial charge >= 0.3 is 0 Å². The topological polar surface area (TPSA) is 17.0 Å². The molecule has 0 spiro atoms. The first kappa shape index (κ1) is 12.1. The predicted octanol–water partition coefficient (Wildman–Crippen LogP) is 3.47. The van der Waals surface area contributed by atoms with Gasteiger partial charge in [0, 0.05) is 41.1 Å². The fraction of sp³-hybridized carbons (Fsp3) is 0.467. The highest BCUT2D eigenvalue weighted by Gasteiger charge is 2.25. The Labute approximate surface area is 113 Å². The number of fused-ring (bicyclic) bond motifs is 3. The van der Waals surface area contributed by atoms with E-state index in [4.69, 9.17) is 11.6 Å². The summed E-state index contributed by atoms with van der Waals surface area (Å²) in [6, 6.07) is 6.26. The Morgan fingerprint density at radius 3 is 3.06 bits per heavy atom. The second-order valence-electron chi connectivity index (χ2n) is 5.23. The second kappa shape index (κ2) is 4.60. The van der Waals surface area contributed by atoms with Gasteiger partial charge in [0.1, 0.15) is 0 Å². The first-order valence-electron chi connectivity index (χ1n) is 6.63. The number of hydrogen-bond acceptors (Lipinski definition) is 1. The molecule has 0 radical (unpaired) electrons. The van der Waals surface area contributed by atoms with Crippen LogP contribution < -0.4 is 5.32 Å². The smallest absolute Gasteiger partial charge is 0.0483 e. The monoisotopic (exact) mass is 262 g/mol. The molecule has 3 heteroatoms. The van der Waals surface area contributed by atoms with Crippen LogP contribution in [0.3, 0.4) is 0 Å². The van der Waals surface area contributed by atoms with Crippen molar-refractivity contribution in [2.75, 3.05) is 13.6 Å². The molecule has 0 saturated heterocycles. The van der Waals surface area contributed by atoms with Crippen molar-refractivity contribution >= 4 is 22.5 Å². The third-order valence-electron chi connectivity index (χ3n) is 4.13. The van der Waals surface area contributed by atoms with E-state index in [9.17, 15) is 0 Å². The summed E-state index contributed by atoms with van der Waals surface area (Å²) in [4.78, 5) is 0. The quantitative estimate of drug-likeness (QED) is 0.877.